The maximum absolute atomic E-state index is 13.9. The van der Waals surface area contributed by atoms with E-state index in [-0.39, 0.29) is 18.0 Å². The normalized spacial score (nSPS) is 11.6. The summed E-state index contributed by atoms with van der Waals surface area (Å²) < 4.78 is 26.9. The summed E-state index contributed by atoms with van der Waals surface area (Å²) in [5.74, 6) is -2.10. The second-order valence-corrected chi connectivity index (χ2v) is 6.68. The van der Waals surface area contributed by atoms with Crippen LogP contribution in [0.2, 0.25) is 0 Å². The number of carbonyl (C=O) groups excluding carboxylic acids is 2. The number of carbonyl (C=O) groups is 2. The van der Waals surface area contributed by atoms with E-state index in [4.69, 9.17) is 0 Å². The van der Waals surface area contributed by atoms with E-state index in [0.29, 0.717) is 16.9 Å². The molecule has 30 heavy (non-hydrogen) atoms. The summed E-state index contributed by atoms with van der Waals surface area (Å²) in [5, 5.41) is 8.36. The first kappa shape index (κ1) is 21.1. The van der Waals surface area contributed by atoms with Crippen molar-refractivity contribution in [2.45, 2.75) is 13.0 Å². The molecule has 0 fully saturated rings. The molecule has 1 atom stereocenters. The molecule has 7 heteroatoms. The molecule has 0 saturated carbocycles. The molecule has 0 aromatic heterocycles. The molecule has 0 spiro atoms. The third-order valence-corrected chi connectivity index (χ3v) is 4.48. The van der Waals surface area contributed by atoms with Gasteiger partial charge >= 0.3 is 0 Å². The van der Waals surface area contributed by atoms with E-state index in [1.807, 2.05) is 6.07 Å². The van der Waals surface area contributed by atoms with Gasteiger partial charge in [0.15, 0.2) is 0 Å². The second kappa shape index (κ2) is 9.76. The van der Waals surface area contributed by atoms with Crippen LogP contribution in [-0.4, -0.2) is 18.4 Å². The number of amides is 2. The Balaban J connectivity index is 1.62. The third kappa shape index (κ3) is 5.48. The zero-order chi connectivity index (χ0) is 21.5. The molecule has 0 aliphatic carbocycles. The maximum atomic E-state index is 13.9. The van der Waals surface area contributed by atoms with E-state index in [1.165, 1.54) is 6.07 Å². The van der Waals surface area contributed by atoms with Gasteiger partial charge in [0.25, 0.3) is 5.91 Å². The predicted octanol–water partition coefficient (Wildman–Crippen LogP) is 4.51. The van der Waals surface area contributed by atoms with Crippen LogP contribution in [-0.2, 0) is 4.79 Å². The quantitative estimate of drug-likeness (QED) is 0.538. The zero-order valence-electron chi connectivity index (χ0n) is 16.3. The number of halogens is 2. The van der Waals surface area contributed by atoms with Crippen molar-refractivity contribution in [2.24, 2.45) is 0 Å². The highest BCUT2D eigenvalue weighted by atomic mass is 19.1. The van der Waals surface area contributed by atoms with Crippen LogP contribution in [0.1, 0.15) is 28.9 Å². The lowest BCUT2D eigenvalue weighted by Crippen LogP contribution is -2.31. The topological polar surface area (TPSA) is 70.2 Å². The molecule has 0 bridgehead atoms. The molecule has 3 N–H and O–H groups in total. The number of benzene rings is 3. The average molecular weight is 409 g/mol. The van der Waals surface area contributed by atoms with Gasteiger partial charge in [-0.1, -0.05) is 36.4 Å². The first-order chi connectivity index (χ1) is 14.4. The standard InChI is InChI=1S/C23H21F2N3O2/c1-15(18-12-11-16(24)13-20(18)25)26-14-22(29)28-21-10-6-5-9-19(21)23(30)27-17-7-3-2-4-8-17/h2-13,15,26H,14H2,1H3,(H,27,30)(H,28,29). The Hall–Kier alpha value is -3.58. The van der Waals surface area contributed by atoms with Crippen molar-refractivity contribution in [1.29, 1.82) is 0 Å². The third-order valence-electron chi connectivity index (χ3n) is 4.48. The molecule has 3 rings (SSSR count). The van der Waals surface area contributed by atoms with Crippen LogP contribution in [0, 0.1) is 11.6 Å². The summed E-state index contributed by atoms with van der Waals surface area (Å²) in [4.78, 5) is 24.9. The Labute approximate surface area is 173 Å². The van der Waals surface area contributed by atoms with Crippen molar-refractivity contribution in [1.82, 2.24) is 5.32 Å². The van der Waals surface area contributed by atoms with Crippen molar-refractivity contribution in [3.63, 3.8) is 0 Å². The molecule has 154 valence electrons. The van der Waals surface area contributed by atoms with Crippen LogP contribution in [0.15, 0.2) is 72.8 Å². The summed E-state index contributed by atoms with van der Waals surface area (Å²) in [7, 11) is 0. The lowest BCUT2D eigenvalue weighted by Gasteiger charge is -2.16. The van der Waals surface area contributed by atoms with Gasteiger partial charge in [-0.15, -0.1) is 0 Å². The van der Waals surface area contributed by atoms with Crippen LogP contribution in [0.25, 0.3) is 0 Å². The summed E-state index contributed by atoms with van der Waals surface area (Å²) in [6.45, 7) is 1.55. The van der Waals surface area contributed by atoms with Crippen LogP contribution in [0.4, 0.5) is 20.2 Å². The Kier molecular flexibility index (Phi) is 6.87. The Bertz CT molecular complexity index is 1040. The minimum absolute atomic E-state index is 0.118. The number of hydrogen-bond acceptors (Lipinski definition) is 3. The minimum atomic E-state index is -0.682. The molecule has 5 nitrogen and oxygen atoms in total. The SMILES string of the molecule is CC(NCC(=O)Nc1ccccc1C(=O)Nc1ccccc1)c1ccc(F)cc1F. The Morgan fingerprint density at radius 1 is 0.900 bits per heavy atom. The van der Waals surface area contributed by atoms with Crippen molar-refractivity contribution in [2.75, 3.05) is 17.2 Å². The number of rotatable bonds is 7. The van der Waals surface area contributed by atoms with Crippen molar-refractivity contribution >= 4 is 23.2 Å². The summed E-state index contributed by atoms with van der Waals surface area (Å²) >= 11 is 0. The highest BCUT2D eigenvalue weighted by molar-refractivity contribution is 6.10. The van der Waals surface area contributed by atoms with E-state index < -0.39 is 23.6 Å². The van der Waals surface area contributed by atoms with Crippen molar-refractivity contribution in [3.8, 4) is 0 Å². The molecule has 1 unspecified atom stereocenters. The van der Waals surface area contributed by atoms with Gasteiger partial charge in [0.2, 0.25) is 5.91 Å². The lowest BCUT2D eigenvalue weighted by molar-refractivity contribution is -0.115. The Morgan fingerprint density at radius 3 is 2.33 bits per heavy atom. The number of para-hydroxylation sites is 2. The number of nitrogens with one attached hydrogen (secondary N) is 3. The molecule has 0 radical (unpaired) electrons. The maximum Gasteiger partial charge on any atom is 0.257 e. The smallest absolute Gasteiger partial charge is 0.257 e. The zero-order valence-corrected chi connectivity index (χ0v) is 16.3. The molecule has 3 aromatic rings. The van der Waals surface area contributed by atoms with Crippen LogP contribution >= 0.6 is 0 Å². The minimum Gasteiger partial charge on any atom is -0.324 e. The fraction of sp³-hybridized carbons (Fsp3) is 0.130. The van der Waals surface area contributed by atoms with Gasteiger partial charge in [-0.05, 0) is 37.3 Å². The van der Waals surface area contributed by atoms with Gasteiger partial charge < -0.3 is 16.0 Å². The molecular formula is C23H21F2N3O2. The largest absolute Gasteiger partial charge is 0.324 e. The summed E-state index contributed by atoms with van der Waals surface area (Å²) in [5.41, 5.74) is 1.57. The molecule has 0 aliphatic heterocycles. The number of hydrogen-bond donors (Lipinski definition) is 3. The fourth-order valence-electron chi connectivity index (χ4n) is 2.91. The van der Waals surface area contributed by atoms with Gasteiger partial charge in [-0.2, -0.15) is 0 Å². The first-order valence-electron chi connectivity index (χ1n) is 9.37. The van der Waals surface area contributed by atoms with Gasteiger partial charge in [0.1, 0.15) is 11.6 Å². The molecule has 3 aromatic carbocycles. The highest BCUT2D eigenvalue weighted by Crippen LogP contribution is 2.19. The number of anilines is 2. The average Bonchev–Trinajstić information content (AvgIpc) is 2.73. The fourth-order valence-corrected chi connectivity index (χ4v) is 2.91. The van der Waals surface area contributed by atoms with E-state index in [9.17, 15) is 18.4 Å². The van der Waals surface area contributed by atoms with Crippen LogP contribution < -0.4 is 16.0 Å². The van der Waals surface area contributed by atoms with E-state index in [2.05, 4.69) is 16.0 Å². The molecular weight excluding hydrogens is 388 g/mol. The van der Waals surface area contributed by atoms with Crippen LogP contribution in [0.3, 0.4) is 0 Å². The second-order valence-electron chi connectivity index (χ2n) is 6.68. The van der Waals surface area contributed by atoms with Crippen LogP contribution in [0.5, 0.6) is 0 Å². The van der Waals surface area contributed by atoms with Gasteiger partial charge in [-0.25, -0.2) is 8.78 Å². The van der Waals surface area contributed by atoms with E-state index >= 15 is 0 Å². The van der Waals surface area contributed by atoms with Gasteiger partial charge in [0.05, 0.1) is 17.8 Å². The highest BCUT2D eigenvalue weighted by Gasteiger charge is 2.15. The van der Waals surface area contributed by atoms with Gasteiger partial charge in [0, 0.05) is 23.4 Å². The van der Waals surface area contributed by atoms with E-state index in [0.717, 1.165) is 12.1 Å². The summed E-state index contributed by atoms with van der Waals surface area (Å²) in [6, 6.07) is 18.4. The summed E-state index contributed by atoms with van der Waals surface area (Å²) in [6.07, 6.45) is 0. The monoisotopic (exact) mass is 409 g/mol. The first-order valence-corrected chi connectivity index (χ1v) is 9.37. The lowest BCUT2D eigenvalue weighted by atomic mass is 10.1. The Morgan fingerprint density at radius 2 is 1.60 bits per heavy atom. The van der Waals surface area contributed by atoms with Gasteiger partial charge in [-0.3, -0.25) is 9.59 Å². The molecule has 0 aliphatic rings. The van der Waals surface area contributed by atoms with Crippen molar-refractivity contribution < 1.29 is 18.4 Å². The van der Waals surface area contributed by atoms with Crippen molar-refractivity contribution in [3.05, 3.63) is 95.6 Å². The predicted molar refractivity (Wildman–Crippen MR) is 112 cm³/mol. The molecule has 0 saturated heterocycles. The van der Waals surface area contributed by atoms with E-state index in [1.54, 1.807) is 55.5 Å². The molecule has 0 heterocycles. The molecule has 2 amide bonds.